The van der Waals surface area contributed by atoms with Gasteiger partial charge in [-0.05, 0) is 37.9 Å². The summed E-state index contributed by atoms with van der Waals surface area (Å²) in [7, 11) is 2.81. The minimum absolute atomic E-state index is 0.343. The Bertz CT molecular complexity index is 407. The number of halogens is 2. The number of carbonyl (C=O) groups excluding carboxylic acids is 1. The topological polar surface area (TPSA) is 61.5 Å². The molecule has 0 spiro atoms. The van der Waals surface area contributed by atoms with Crippen LogP contribution < -0.4 is 10.5 Å². The quantitative estimate of drug-likeness (QED) is 0.665. The van der Waals surface area contributed by atoms with Gasteiger partial charge in [0.2, 0.25) is 0 Å². The Balaban J connectivity index is 3.42. The number of methoxy groups -OCH3 is 2. The monoisotopic (exact) mass is 337 g/mol. The summed E-state index contributed by atoms with van der Waals surface area (Å²) in [5.41, 5.74) is 6.46. The van der Waals surface area contributed by atoms with Gasteiger partial charge in [0, 0.05) is 4.47 Å². The number of rotatable bonds is 2. The highest BCUT2D eigenvalue weighted by Gasteiger charge is 2.19. The number of hydrogen-bond donors (Lipinski definition) is 1. The molecule has 0 fully saturated rings. The molecular weight excluding hydrogens is 330 g/mol. The van der Waals surface area contributed by atoms with E-state index in [2.05, 4.69) is 36.6 Å². The Morgan fingerprint density at radius 1 is 1.40 bits per heavy atom. The van der Waals surface area contributed by atoms with Gasteiger partial charge in [0.05, 0.1) is 29.9 Å². The van der Waals surface area contributed by atoms with Gasteiger partial charge in [0.15, 0.2) is 0 Å². The van der Waals surface area contributed by atoms with Crippen LogP contribution in [0.5, 0.6) is 5.75 Å². The van der Waals surface area contributed by atoms with Crippen LogP contribution in [-0.4, -0.2) is 20.2 Å². The van der Waals surface area contributed by atoms with Crippen molar-refractivity contribution in [1.29, 1.82) is 0 Å². The Kier molecular flexibility index (Phi) is 3.98. The molecule has 0 saturated carbocycles. The molecule has 4 nitrogen and oxygen atoms in total. The summed E-state index contributed by atoms with van der Waals surface area (Å²) < 4.78 is 10.7. The molecule has 1 aromatic rings. The first-order chi connectivity index (χ1) is 7.02. The lowest BCUT2D eigenvalue weighted by Crippen LogP contribution is -2.06. The Morgan fingerprint density at radius 3 is 2.47 bits per heavy atom. The molecule has 6 heteroatoms. The van der Waals surface area contributed by atoms with Crippen LogP contribution in [0, 0.1) is 0 Å². The summed E-state index contributed by atoms with van der Waals surface area (Å²) in [6.45, 7) is 0. The zero-order valence-electron chi connectivity index (χ0n) is 8.14. The van der Waals surface area contributed by atoms with Gasteiger partial charge in [0.1, 0.15) is 5.75 Å². The maximum absolute atomic E-state index is 11.4. The third-order valence-corrected chi connectivity index (χ3v) is 3.28. The first kappa shape index (κ1) is 12.3. The maximum atomic E-state index is 11.4. The molecule has 1 aromatic carbocycles. The second-order valence-electron chi connectivity index (χ2n) is 2.65. The van der Waals surface area contributed by atoms with E-state index >= 15 is 0 Å². The molecule has 15 heavy (non-hydrogen) atoms. The van der Waals surface area contributed by atoms with Crippen LogP contribution in [0.2, 0.25) is 0 Å². The van der Waals surface area contributed by atoms with E-state index in [1.807, 2.05) is 0 Å². The molecule has 0 aliphatic carbocycles. The minimum atomic E-state index is -0.469. The van der Waals surface area contributed by atoms with Crippen molar-refractivity contribution in [2.75, 3.05) is 20.0 Å². The Labute approximate surface area is 104 Å². The fourth-order valence-electron chi connectivity index (χ4n) is 1.07. The Morgan fingerprint density at radius 2 is 2.00 bits per heavy atom. The van der Waals surface area contributed by atoms with Crippen molar-refractivity contribution in [2.45, 2.75) is 0 Å². The summed E-state index contributed by atoms with van der Waals surface area (Å²) in [5, 5.41) is 0. The lowest BCUT2D eigenvalue weighted by Gasteiger charge is -2.11. The van der Waals surface area contributed by atoms with Crippen molar-refractivity contribution in [3.63, 3.8) is 0 Å². The molecule has 0 aliphatic heterocycles. The molecule has 0 bridgehead atoms. The molecule has 1 rings (SSSR count). The zero-order valence-corrected chi connectivity index (χ0v) is 11.3. The smallest absolute Gasteiger partial charge is 0.340 e. The number of hydrogen-bond acceptors (Lipinski definition) is 4. The molecule has 82 valence electrons. The van der Waals surface area contributed by atoms with Gasteiger partial charge in [-0.15, -0.1) is 0 Å². The van der Waals surface area contributed by atoms with E-state index in [1.54, 1.807) is 6.07 Å². The maximum Gasteiger partial charge on any atom is 0.340 e. The second kappa shape index (κ2) is 4.85. The Hall–Kier alpha value is -0.750. The fourth-order valence-corrected chi connectivity index (χ4v) is 2.48. The van der Waals surface area contributed by atoms with Gasteiger partial charge in [-0.2, -0.15) is 0 Å². The predicted octanol–water partition coefficient (Wildman–Crippen LogP) is 2.59. The molecule has 0 heterocycles. The van der Waals surface area contributed by atoms with Crippen molar-refractivity contribution < 1.29 is 14.3 Å². The van der Waals surface area contributed by atoms with Crippen LogP contribution >= 0.6 is 31.9 Å². The average molecular weight is 339 g/mol. The van der Waals surface area contributed by atoms with Crippen molar-refractivity contribution in [2.24, 2.45) is 0 Å². The highest BCUT2D eigenvalue weighted by molar-refractivity contribution is 9.11. The molecular formula is C9H9Br2NO3. The average Bonchev–Trinajstić information content (AvgIpc) is 2.23. The third-order valence-electron chi connectivity index (χ3n) is 1.83. The van der Waals surface area contributed by atoms with E-state index in [0.717, 1.165) is 0 Å². The number of esters is 1. The number of carbonyl (C=O) groups is 1. The number of nitrogen functional groups attached to an aromatic ring is 1. The SMILES string of the molecule is COC(=O)c1c(Br)cc(OC)c(N)c1Br. The molecule has 0 aliphatic rings. The van der Waals surface area contributed by atoms with Crippen molar-refractivity contribution in [3.05, 3.63) is 20.6 Å². The molecule has 0 amide bonds. The number of nitrogens with two attached hydrogens (primary N) is 1. The highest BCUT2D eigenvalue weighted by atomic mass is 79.9. The van der Waals surface area contributed by atoms with Crippen molar-refractivity contribution in [1.82, 2.24) is 0 Å². The lowest BCUT2D eigenvalue weighted by molar-refractivity contribution is 0.0598. The first-order valence-corrected chi connectivity index (χ1v) is 5.51. The first-order valence-electron chi connectivity index (χ1n) is 3.92. The summed E-state index contributed by atoms with van der Waals surface area (Å²) >= 11 is 6.48. The fraction of sp³-hybridized carbons (Fsp3) is 0.222. The summed E-state index contributed by atoms with van der Waals surface area (Å²) in [6, 6.07) is 1.62. The predicted molar refractivity (Wildman–Crippen MR) is 64.1 cm³/mol. The zero-order chi connectivity index (χ0) is 11.6. The van der Waals surface area contributed by atoms with Crippen LogP contribution in [0.1, 0.15) is 10.4 Å². The minimum Gasteiger partial charge on any atom is -0.495 e. The van der Waals surface area contributed by atoms with E-state index in [0.29, 0.717) is 25.9 Å². The molecule has 0 unspecified atom stereocenters. The van der Waals surface area contributed by atoms with Gasteiger partial charge >= 0.3 is 5.97 Å². The van der Waals surface area contributed by atoms with Crippen LogP contribution in [-0.2, 0) is 4.74 Å². The summed E-state index contributed by atoms with van der Waals surface area (Å²) in [6.07, 6.45) is 0. The van der Waals surface area contributed by atoms with Crippen LogP contribution in [0.3, 0.4) is 0 Å². The molecule has 0 aromatic heterocycles. The van der Waals surface area contributed by atoms with E-state index in [9.17, 15) is 4.79 Å². The number of ether oxygens (including phenoxy) is 2. The van der Waals surface area contributed by atoms with Crippen LogP contribution in [0.25, 0.3) is 0 Å². The molecule has 0 radical (unpaired) electrons. The van der Waals surface area contributed by atoms with Crippen LogP contribution in [0.15, 0.2) is 15.0 Å². The molecule has 2 N–H and O–H groups in total. The number of benzene rings is 1. The third kappa shape index (κ3) is 2.26. The van der Waals surface area contributed by atoms with E-state index in [4.69, 9.17) is 10.5 Å². The summed E-state index contributed by atoms with van der Waals surface area (Å²) in [4.78, 5) is 11.4. The van der Waals surface area contributed by atoms with E-state index in [1.165, 1.54) is 14.2 Å². The largest absolute Gasteiger partial charge is 0.495 e. The van der Waals surface area contributed by atoms with E-state index < -0.39 is 5.97 Å². The number of anilines is 1. The van der Waals surface area contributed by atoms with Gasteiger partial charge in [-0.25, -0.2) is 4.79 Å². The molecule has 0 atom stereocenters. The standard InChI is InChI=1S/C9H9Br2NO3/c1-14-5-3-4(10)6(9(13)15-2)7(11)8(5)12/h3H,12H2,1-2H3. The second-order valence-corrected chi connectivity index (χ2v) is 4.30. The summed E-state index contributed by atoms with van der Waals surface area (Å²) in [5.74, 6) is 0.0181. The van der Waals surface area contributed by atoms with Gasteiger partial charge in [-0.1, -0.05) is 0 Å². The van der Waals surface area contributed by atoms with Gasteiger partial charge < -0.3 is 15.2 Å². The van der Waals surface area contributed by atoms with Crippen molar-refractivity contribution in [3.8, 4) is 5.75 Å². The van der Waals surface area contributed by atoms with E-state index in [-0.39, 0.29) is 0 Å². The normalized spacial score (nSPS) is 9.87. The van der Waals surface area contributed by atoms with Gasteiger partial charge in [0.25, 0.3) is 0 Å². The van der Waals surface area contributed by atoms with Crippen LogP contribution in [0.4, 0.5) is 5.69 Å². The lowest BCUT2D eigenvalue weighted by atomic mass is 10.2. The van der Waals surface area contributed by atoms with Gasteiger partial charge in [-0.3, -0.25) is 0 Å². The molecule has 0 saturated heterocycles. The van der Waals surface area contributed by atoms with Crippen molar-refractivity contribution >= 4 is 43.5 Å². The highest BCUT2D eigenvalue weighted by Crippen LogP contribution is 2.38.